The van der Waals surface area contributed by atoms with Crippen molar-refractivity contribution in [2.24, 2.45) is 5.73 Å². The molecule has 4 N–H and O–H groups in total. The van der Waals surface area contributed by atoms with Gasteiger partial charge in [0, 0.05) is 11.6 Å². The molecule has 1 heterocycles. The molecule has 4 nitrogen and oxygen atoms in total. The normalized spacial score (nSPS) is 20.6. The number of fused-ring (bicyclic) bond motifs is 1. The van der Waals surface area contributed by atoms with Gasteiger partial charge < -0.3 is 11.5 Å². The van der Waals surface area contributed by atoms with Gasteiger partial charge in [-0.3, -0.25) is 0 Å². The van der Waals surface area contributed by atoms with Gasteiger partial charge >= 0.3 is 0 Å². The first-order valence-corrected chi connectivity index (χ1v) is 5.88. The van der Waals surface area contributed by atoms with E-state index in [9.17, 15) is 0 Å². The molecule has 1 aromatic rings. The Balaban J connectivity index is 2.43. The van der Waals surface area contributed by atoms with Crippen LogP contribution in [-0.2, 0) is 12.8 Å². The first-order valence-electron chi connectivity index (χ1n) is 4.65. The van der Waals surface area contributed by atoms with Crippen LogP contribution in [0.25, 0.3) is 0 Å². The van der Waals surface area contributed by atoms with Crippen LogP contribution >= 0.6 is 11.8 Å². The van der Waals surface area contributed by atoms with E-state index in [4.69, 9.17) is 11.5 Å². The molecule has 1 aliphatic rings. The number of nitrogen functional groups attached to an aromatic ring is 1. The minimum atomic E-state index is 0.216. The van der Waals surface area contributed by atoms with Gasteiger partial charge in [0.15, 0.2) is 5.16 Å². The molecule has 14 heavy (non-hydrogen) atoms. The minimum absolute atomic E-state index is 0.216. The summed E-state index contributed by atoms with van der Waals surface area (Å²) in [5, 5.41) is 0.761. The number of thioether (sulfide) groups is 1. The molecule has 0 saturated heterocycles. The van der Waals surface area contributed by atoms with Gasteiger partial charge in [0.2, 0.25) is 0 Å². The fourth-order valence-electron chi connectivity index (χ4n) is 1.73. The van der Waals surface area contributed by atoms with E-state index in [-0.39, 0.29) is 6.04 Å². The topological polar surface area (TPSA) is 77.8 Å². The molecule has 1 atom stereocenters. The van der Waals surface area contributed by atoms with E-state index < -0.39 is 0 Å². The Morgan fingerprint density at radius 2 is 2.21 bits per heavy atom. The van der Waals surface area contributed by atoms with Crippen molar-refractivity contribution in [2.45, 2.75) is 30.5 Å². The Hall–Kier alpha value is -0.810. The molecule has 76 valence electrons. The fraction of sp³-hybridized carbons (Fsp3) is 0.556. The SMILES string of the molecule is CSc1nc(N)c2c(n1)CCC(N)C2. The van der Waals surface area contributed by atoms with Gasteiger partial charge in [-0.2, -0.15) is 0 Å². The van der Waals surface area contributed by atoms with E-state index in [2.05, 4.69) is 9.97 Å². The van der Waals surface area contributed by atoms with Crippen LogP contribution in [0.1, 0.15) is 17.7 Å². The molecule has 1 aliphatic carbocycles. The average molecular weight is 210 g/mol. The lowest BCUT2D eigenvalue weighted by Crippen LogP contribution is -2.29. The second-order valence-electron chi connectivity index (χ2n) is 3.52. The lowest BCUT2D eigenvalue weighted by atomic mass is 9.93. The first-order chi connectivity index (χ1) is 6.70. The van der Waals surface area contributed by atoms with Gasteiger partial charge in [-0.25, -0.2) is 9.97 Å². The average Bonchev–Trinajstić information content (AvgIpc) is 2.19. The van der Waals surface area contributed by atoms with Gasteiger partial charge in [0.05, 0.1) is 5.69 Å². The number of aryl methyl sites for hydroxylation is 1. The molecule has 5 heteroatoms. The largest absolute Gasteiger partial charge is 0.383 e. The molecule has 0 aliphatic heterocycles. The third-order valence-corrected chi connectivity index (χ3v) is 3.05. The van der Waals surface area contributed by atoms with Crippen molar-refractivity contribution in [3.8, 4) is 0 Å². The molecule has 0 amide bonds. The van der Waals surface area contributed by atoms with Crippen LogP contribution in [0.3, 0.4) is 0 Å². The van der Waals surface area contributed by atoms with Gasteiger partial charge in [0.25, 0.3) is 0 Å². The molecule has 0 fully saturated rings. The van der Waals surface area contributed by atoms with Gasteiger partial charge in [0.1, 0.15) is 5.82 Å². The number of hydrogen-bond acceptors (Lipinski definition) is 5. The van der Waals surface area contributed by atoms with Crippen LogP contribution in [-0.4, -0.2) is 22.3 Å². The summed E-state index contributed by atoms with van der Waals surface area (Å²) in [6.07, 6.45) is 4.69. The van der Waals surface area contributed by atoms with Gasteiger partial charge in [-0.15, -0.1) is 0 Å². The number of hydrogen-bond donors (Lipinski definition) is 2. The second-order valence-corrected chi connectivity index (χ2v) is 4.30. The molecule has 1 unspecified atom stereocenters. The van der Waals surface area contributed by atoms with E-state index in [1.807, 2.05) is 6.26 Å². The van der Waals surface area contributed by atoms with E-state index in [0.29, 0.717) is 5.82 Å². The molecule has 0 aromatic carbocycles. The number of nitrogens with two attached hydrogens (primary N) is 2. The fourth-order valence-corrected chi connectivity index (χ4v) is 2.12. The Morgan fingerprint density at radius 1 is 1.43 bits per heavy atom. The maximum Gasteiger partial charge on any atom is 0.189 e. The van der Waals surface area contributed by atoms with E-state index in [1.54, 1.807) is 0 Å². The van der Waals surface area contributed by atoms with E-state index >= 15 is 0 Å². The Labute approximate surface area is 87.5 Å². The van der Waals surface area contributed by atoms with Crippen LogP contribution in [0.2, 0.25) is 0 Å². The van der Waals surface area contributed by atoms with Crippen molar-refractivity contribution < 1.29 is 0 Å². The maximum absolute atomic E-state index is 5.87. The van der Waals surface area contributed by atoms with Crippen molar-refractivity contribution in [1.29, 1.82) is 0 Å². The lowest BCUT2D eigenvalue weighted by molar-refractivity contribution is 0.560. The molecule has 1 aromatic heterocycles. The highest BCUT2D eigenvalue weighted by atomic mass is 32.2. The van der Waals surface area contributed by atoms with Crippen LogP contribution in [0, 0.1) is 0 Å². The Bertz CT molecular complexity index is 353. The Kier molecular flexibility index (Phi) is 2.60. The van der Waals surface area contributed by atoms with Gasteiger partial charge in [-0.1, -0.05) is 11.8 Å². The lowest BCUT2D eigenvalue weighted by Gasteiger charge is -2.21. The molecular formula is C9H14N4S. The smallest absolute Gasteiger partial charge is 0.189 e. The highest BCUT2D eigenvalue weighted by Gasteiger charge is 2.20. The quantitative estimate of drug-likeness (QED) is 0.524. The Morgan fingerprint density at radius 3 is 2.93 bits per heavy atom. The number of nitrogens with zero attached hydrogens (tertiary/aromatic N) is 2. The summed E-state index contributed by atoms with van der Waals surface area (Å²) in [6, 6.07) is 0.216. The number of rotatable bonds is 1. The third-order valence-electron chi connectivity index (χ3n) is 2.51. The summed E-state index contributed by atoms with van der Waals surface area (Å²) in [4.78, 5) is 8.66. The third kappa shape index (κ3) is 1.69. The molecular weight excluding hydrogens is 196 g/mol. The molecule has 2 rings (SSSR count). The van der Waals surface area contributed by atoms with Crippen LogP contribution in [0.5, 0.6) is 0 Å². The number of anilines is 1. The minimum Gasteiger partial charge on any atom is -0.383 e. The zero-order valence-corrected chi connectivity index (χ0v) is 8.97. The number of aromatic nitrogens is 2. The summed E-state index contributed by atoms with van der Waals surface area (Å²) in [5.41, 5.74) is 13.9. The summed E-state index contributed by atoms with van der Waals surface area (Å²) in [7, 11) is 0. The standard InChI is InChI=1S/C9H14N4S/c1-14-9-12-7-3-2-5(10)4-6(7)8(11)13-9/h5H,2-4,10H2,1H3,(H2,11,12,13). The van der Waals surface area contributed by atoms with Gasteiger partial charge in [-0.05, 0) is 25.5 Å². The summed E-state index contributed by atoms with van der Waals surface area (Å²) in [5.74, 6) is 0.606. The molecule has 0 saturated carbocycles. The summed E-state index contributed by atoms with van der Waals surface area (Å²) in [6.45, 7) is 0. The highest BCUT2D eigenvalue weighted by Crippen LogP contribution is 2.25. The zero-order valence-electron chi connectivity index (χ0n) is 8.16. The molecule has 0 spiro atoms. The zero-order chi connectivity index (χ0) is 10.1. The van der Waals surface area contributed by atoms with Crippen molar-refractivity contribution >= 4 is 17.6 Å². The van der Waals surface area contributed by atoms with Crippen LogP contribution in [0.15, 0.2) is 5.16 Å². The van der Waals surface area contributed by atoms with E-state index in [0.717, 1.165) is 35.7 Å². The van der Waals surface area contributed by atoms with Crippen molar-refractivity contribution in [3.63, 3.8) is 0 Å². The second kappa shape index (κ2) is 3.74. The van der Waals surface area contributed by atoms with Crippen LogP contribution in [0.4, 0.5) is 5.82 Å². The monoisotopic (exact) mass is 210 g/mol. The molecule has 0 radical (unpaired) electrons. The predicted octanol–water partition coefficient (Wildman–Crippen LogP) is 0.597. The highest BCUT2D eigenvalue weighted by molar-refractivity contribution is 7.98. The summed E-state index contributed by atoms with van der Waals surface area (Å²) < 4.78 is 0. The summed E-state index contributed by atoms with van der Waals surface area (Å²) >= 11 is 1.52. The van der Waals surface area contributed by atoms with Crippen molar-refractivity contribution in [1.82, 2.24) is 9.97 Å². The van der Waals surface area contributed by atoms with Crippen molar-refractivity contribution in [2.75, 3.05) is 12.0 Å². The first kappa shape index (κ1) is 9.73. The van der Waals surface area contributed by atoms with Crippen LogP contribution < -0.4 is 11.5 Å². The maximum atomic E-state index is 5.87. The molecule has 0 bridgehead atoms. The van der Waals surface area contributed by atoms with E-state index in [1.165, 1.54) is 11.8 Å². The predicted molar refractivity (Wildman–Crippen MR) is 58.2 cm³/mol. The van der Waals surface area contributed by atoms with Crippen molar-refractivity contribution in [3.05, 3.63) is 11.3 Å².